The zero-order chi connectivity index (χ0) is 44.1. The zero-order valence-electron chi connectivity index (χ0n) is 36.5. The van der Waals surface area contributed by atoms with E-state index >= 15 is 0 Å². The highest BCUT2D eigenvalue weighted by atomic mass is 16.3. The number of rotatable bonds is 6. The van der Waals surface area contributed by atoms with E-state index in [0.717, 1.165) is 50.1 Å². The Kier molecular flexibility index (Phi) is 8.23. The first-order valence-electron chi connectivity index (χ1n) is 23.2. The molecule has 67 heavy (non-hydrogen) atoms. The molecule has 1 aromatic heterocycles. The Bertz CT molecular complexity index is 3870. The molecule has 11 aromatic carbocycles. The summed E-state index contributed by atoms with van der Waals surface area (Å²) in [6.45, 7) is 0. The summed E-state index contributed by atoms with van der Waals surface area (Å²) in [5.41, 5.74) is 22.2. The van der Waals surface area contributed by atoms with E-state index in [1.165, 1.54) is 77.5 Å². The summed E-state index contributed by atoms with van der Waals surface area (Å²) in [7, 11) is 0. The summed E-state index contributed by atoms with van der Waals surface area (Å²) < 4.78 is 6.19. The highest BCUT2D eigenvalue weighted by Gasteiger charge is 2.51. The van der Waals surface area contributed by atoms with Crippen molar-refractivity contribution in [3.8, 4) is 55.6 Å². The van der Waals surface area contributed by atoms with Gasteiger partial charge in [-0.1, -0.05) is 188 Å². The van der Waals surface area contributed by atoms with Gasteiger partial charge < -0.3 is 9.32 Å². The first-order valence-corrected chi connectivity index (χ1v) is 23.2. The number of hydrogen-bond acceptors (Lipinski definition) is 2. The van der Waals surface area contributed by atoms with E-state index in [0.29, 0.717) is 0 Å². The van der Waals surface area contributed by atoms with Gasteiger partial charge in [0.05, 0.1) is 5.41 Å². The number of fused-ring (bicyclic) bond motifs is 14. The van der Waals surface area contributed by atoms with Gasteiger partial charge in [-0.2, -0.15) is 0 Å². The lowest BCUT2D eigenvalue weighted by Crippen LogP contribution is -2.26. The summed E-state index contributed by atoms with van der Waals surface area (Å²) in [5, 5.41) is 4.78. The van der Waals surface area contributed by atoms with Crippen LogP contribution >= 0.6 is 0 Å². The Hall–Kier alpha value is -8.72. The predicted octanol–water partition coefficient (Wildman–Crippen LogP) is 17.6. The smallest absolute Gasteiger partial charge is 0.135 e. The molecule has 1 heterocycles. The minimum atomic E-state index is -0.506. The summed E-state index contributed by atoms with van der Waals surface area (Å²) in [4.78, 5) is 2.43. The van der Waals surface area contributed by atoms with E-state index in [9.17, 15) is 0 Å². The fourth-order valence-electron chi connectivity index (χ4n) is 11.5. The van der Waals surface area contributed by atoms with Crippen molar-refractivity contribution >= 4 is 49.8 Å². The third-order valence-corrected chi connectivity index (χ3v) is 14.5. The predicted molar refractivity (Wildman–Crippen MR) is 279 cm³/mol. The van der Waals surface area contributed by atoms with Crippen molar-refractivity contribution in [1.29, 1.82) is 0 Å². The molecule has 2 heteroatoms. The molecule has 1 spiro atoms. The van der Waals surface area contributed by atoms with E-state index in [2.05, 4.69) is 241 Å². The first-order chi connectivity index (χ1) is 33.2. The number of nitrogens with zero attached hydrogens (tertiary/aromatic N) is 1. The van der Waals surface area contributed by atoms with Crippen LogP contribution in [0.4, 0.5) is 17.1 Å². The van der Waals surface area contributed by atoms with Gasteiger partial charge in [0.15, 0.2) is 0 Å². The molecule has 0 amide bonds. The number of benzene rings is 11. The van der Waals surface area contributed by atoms with E-state index in [-0.39, 0.29) is 0 Å². The molecule has 2 aliphatic carbocycles. The number of hydrogen-bond donors (Lipinski definition) is 0. The molecular formula is C65H41NO. The van der Waals surface area contributed by atoms with Gasteiger partial charge in [0.1, 0.15) is 11.2 Å². The van der Waals surface area contributed by atoms with Crippen LogP contribution in [0.25, 0.3) is 88.3 Å². The number of furan rings is 1. The highest BCUT2D eigenvalue weighted by Crippen LogP contribution is 2.64. The van der Waals surface area contributed by atoms with Crippen molar-refractivity contribution in [1.82, 2.24) is 0 Å². The van der Waals surface area contributed by atoms with Crippen molar-refractivity contribution in [2.45, 2.75) is 5.41 Å². The fraction of sp³-hybridized carbons (Fsp3) is 0.0154. The lowest BCUT2D eigenvalue weighted by atomic mass is 9.70. The molecule has 0 N–H and O–H groups in total. The molecule has 2 nitrogen and oxygen atoms in total. The van der Waals surface area contributed by atoms with Crippen LogP contribution in [0.1, 0.15) is 22.3 Å². The number of anilines is 3. The third-order valence-electron chi connectivity index (χ3n) is 14.5. The van der Waals surface area contributed by atoms with E-state index < -0.39 is 5.41 Å². The summed E-state index contributed by atoms with van der Waals surface area (Å²) >= 11 is 0. The molecular weight excluding hydrogens is 811 g/mol. The lowest BCUT2D eigenvalue weighted by molar-refractivity contribution is 0.669. The molecule has 14 rings (SSSR count). The highest BCUT2D eigenvalue weighted by molar-refractivity contribution is 6.06. The van der Waals surface area contributed by atoms with Gasteiger partial charge in [-0.15, -0.1) is 0 Å². The molecule has 12 aromatic rings. The molecule has 0 saturated carbocycles. The standard InChI is InChI=1S/C65H41NO/c1-2-13-42(14-3-1)43-25-31-48(32-26-43)66(49-33-27-44(28-34-49)46-30-38-64-58(39-46)56-20-8-11-24-63(56)67-64)50-35-36-55-57-40-47(52-21-12-16-45-15-4-5-17-51(45)52)29-37-61(57)65(62(55)41-50)59-22-9-6-18-53(59)54-19-7-10-23-60(54)65/h1-41H. The second-order valence-corrected chi connectivity index (χ2v) is 18.0. The van der Waals surface area contributed by atoms with Gasteiger partial charge >= 0.3 is 0 Å². The van der Waals surface area contributed by atoms with Crippen LogP contribution in [0.15, 0.2) is 253 Å². The Morgan fingerprint density at radius 3 is 1.55 bits per heavy atom. The largest absolute Gasteiger partial charge is 0.456 e. The summed E-state index contributed by atoms with van der Waals surface area (Å²) in [5.74, 6) is 0. The van der Waals surface area contributed by atoms with Gasteiger partial charge in [-0.05, 0) is 149 Å². The molecule has 0 unspecified atom stereocenters. The Morgan fingerprint density at radius 1 is 0.269 bits per heavy atom. The maximum Gasteiger partial charge on any atom is 0.135 e. The van der Waals surface area contributed by atoms with Crippen LogP contribution in [0.2, 0.25) is 0 Å². The lowest BCUT2D eigenvalue weighted by Gasteiger charge is -2.32. The SMILES string of the molecule is c1ccc(-c2ccc(N(c3ccc(-c4ccc5oc6ccccc6c5c4)cc3)c3ccc4c(c3)C3(c5ccccc5-c5ccccc53)c3ccc(-c5cccc6ccccc56)cc3-4)cc2)cc1. The Labute approximate surface area is 389 Å². The van der Waals surface area contributed by atoms with Crippen molar-refractivity contribution in [3.05, 3.63) is 271 Å². The van der Waals surface area contributed by atoms with Crippen molar-refractivity contribution in [2.24, 2.45) is 0 Å². The van der Waals surface area contributed by atoms with Gasteiger partial charge in [-0.3, -0.25) is 0 Å². The van der Waals surface area contributed by atoms with Gasteiger partial charge in [0.25, 0.3) is 0 Å². The molecule has 0 radical (unpaired) electrons. The van der Waals surface area contributed by atoms with E-state index in [1.54, 1.807) is 0 Å². The molecule has 312 valence electrons. The van der Waals surface area contributed by atoms with Crippen LogP contribution in [0, 0.1) is 0 Å². The Morgan fingerprint density at radius 2 is 0.791 bits per heavy atom. The van der Waals surface area contributed by atoms with Gasteiger partial charge in [-0.25, -0.2) is 0 Å². The second kappa shape index (κ2) is 14.7. The van der Waals surface area contributed by atoms with Crippen molar-refractivity contribution in [3.63, 3.8) is 0 Å². The molecule has 0 bridgehead atoms. The molecule has 0 fully saturated rings. The summed E-state index contributed by atoms with van der Waals surface area (Å²) in [6, 6.07) is 91.5. The van der Waals surface area contributed by atoms with Gasteiger partial charge in [0, 0.05) is 27.8 Å². The average molecular weight is 852 g/mol. The van der Waals surface area contributed by atoms with Crippen molar-refractivity contribution in [2.75, 3.05) is 4.90 Å². The summed E-state index contributed by atoms with van der Waals surface area (Å²) in [6.07, 6.45) is 0. The van der Waals surface area contributed by atoms with E-state index in [4.69, 9.17) is 4.42 Å². The van der Waals surface area contributed by atoms with Crippen LogP contribution in [0.3, 0.4) is 0 Å². The molecule has 2 aliphatic rings. The maximum atomic E-state index is 6.19. The maximum absolute atomic E-state index is 6.19. The second-order valence-electron chi connectivity index (χ2n) is 18.0. The van der Waals surface area contributed by atoms with Gasteiger partial charge in [0.2, 0.25) is 0 Å². The third kappa shape index (κ3) is 5.63. The van der Waals surface area contributed by atoms with Crippen LogP contribution < -0.4 is 4.90 Å². The monoisotopic (exact) mass is 851 g/mol. The van der Waals surface area contributed by atoms with Crippen LogP contribution in [-0.2, 0) is 5.41 Å². The van der Waals surface area contributed by atoms with Crippen LogP contribution in [-0.4, -0.2) is 0 Å². The van der Waals surface area contributed by atoms with Crippen molar-refractivity contribution < 1.29 is 4.42 Å². The molecule has 0 saturated heterocycles. The quantitative estimate of drug-likeness (QED) is 0.166. The molecule has 0 aliphatic heterocycles. The topological polar surface area (TPSA) is 16.4 Å². The number of para-hydroxylation sites is 1. The minimum Gasteiger partial charge on any atom is -0.456 e. The normalized spacial score (nSPS) is 12.9. The fourth-order valence-corrected chi connectivity index (χ4v) is 11.5. The molecule has 0 atom stereocenters. The average Bonchev–Trinajstić information content (AvgIpc) is 4.02. The first kappa shape index (κ1) is 37.6. The zero-order valence-corrected chi connectivity index (χ0v) is 36.5. The van der Waals surface area contributed by atoms with Crippen LogP contribution in [0.5, 0.6) is 0 Å². The Balaban J connectivity index is 0.964. The minimum absolute atomic E-state index is 0.506. The van der Waals surface area contributed by atoms with E-state index in [1.807, 2.05) is 12.1 Å².